The summed E-state index contributed by atoms with van der Waals surface area (Å²) in [5.41, 5.74) is 3.76. The lowest BCUT2D eigenvalue weighted by Gasteiger charge is -2.26. The van der Waals surface area contributed by atoms with Gasteiger partial charge in [0.1, 0.15) is 0 Å². The van der Waals surface area contributed by atoms with Crippen molar-refractivity contribution in [3.05, 3.63) is 93.2 Å². The van der Waals surface area contributed by atoms with Crippen LogP contribution in [-0.4, -0.2) is 78.8 Å². The lowest BCUT2D eigenvalue weighted by atomic mass is 9.92. The monoisotopic (exact) mass is 562 g/mol. The predicted molar refractivity (Wildman–Crippen MR) is 153 cm³/mol. The first-order chi connectivity index (χ1) is 19.3. The van der Waals surface area contributed by atoms with Crippen LogP contribution in [0.4, 0.5) is 0 Å². The average Bonchev–Trinajstić information content (AvgIpc) is 3.32. The van der Waals surface area contributed by atoms with Crippen molar-refractivity contribution in [2.75, 3.05) is 44.4 Å². The van der Waals surface area contributed by atoms with Gasteiger partial charge in [-0.05, 0) is 41.8 Å². The smallest absolute Gasteiger partial charge is 0.293 e. The van der Waals surface area contributed by atoms with Gasteiger partial charge >= 0.3 is 0 Å². The highest BCUT2D eigenvalue weighted by atomic mass is 32.2. The molecule has 3 N–H and O–H groups in total. The number of rotatable bonds is 8. The number of aromatic nitrogens is 2. The van der Waals surface area contributed by atoms with Crippen molar-refractivity contribution in [2.24, 2.45) is 0 Å². The number of hydrogen-bond acceptors (Lipinski definition) is 8. The van der Waals surface area contributed by atoms with Gasteiger partial charge in [0.05, 0.1) is 36.7 Å². The maximum absolute atomic E-state index is 11.9. The van der Waals surface area contributed by atoms with Crippen molar-refractivity contribution in [1.29, 1.82) is 0 Å². The lowest BCUT2D eigenvalue weighted by molar-refractivity contribution is 0.0342. The van der Waals surface area contributed by atoms with Crippen LogP contribution in [0.3, 0.4) is 0 Å². The van der Waals surface area contributed by atoms with Gasteiger partial charge in [-0.3, -0.25) is 9.69 Å². The summed E-state index contributed by atoms with van der Waals surface area (Å²) in [7, 11) is -3.01. The van der Waals surface area contributed by atoms with Gasteiger partial charge < -0.3 is 20.1 Å². The van der Waals surface area contributed by atoms with E-state index in [9.17, 15) is 18.3 Å². The van der Waals surface area contributed by atoms with Crippen LogP contribution in [0.5, 0.6) is 5.75 Å². The molecule has 1 aromatic heterocycles. The maximum atomic E-state index is 11.9. The Kier molecular flexibility index (Phi) is 8.97. The molecular weight excluding hydrogens is 528 g/mol. The minimum atomic E-state index is -3.01. The van der Waals surface area contributed by atoms with Gasteiger partial charge in [0.25, 0.3) is 5.56 Å². The topological polar surface area (TPSA) is 125 Å². The summed E-state index contributed by atoms with van der Waals surface area (Å²) < 4.78 is 29.2. The van der Waals surface area contributed by atoms with Gasteiger partial charge in [-0.15, -0.1) is 0 Å². The van der Waals surface area contributed by atoms with Crippen molar-refractivity contribution in [1.82, 2.24) is 20.2 Å². The molecule has 0 radical (unpaired) electrons. The lowest BCUT2D eigenvalue weighted by Crippen LogP contribution is -2.35. The molecule has 5 rings (SSSR count). The van der Waals surface area contributed by atoms with Crippen LogP contribution in [0.25, 0.3) is 0 Å². The Morgan fingerprint density at radius 2 is 1.75 bits per heavy atom. The van der Waals surface area contributed by atoms with Gasteiger partial charge in [-0.2, -0.15) is 0 Å². The fourth-order valence-electron chi connectivity index (χ4n) is 5.08. The summed E-state index contributed by atoms with van der Waals surface area (Å²) in [4.78, 5) is 20.8. The van der Waals surface area contributed by atoms with Crippen LogP contribution in [0.15, 0.2) is 59.7 Å². The first-order valence-corrected chi connectivity index (χ1v) is 15.4. The highest BCUT2D eigenvalue weighted by Crippen LogP contribution is 2.24. The van der Waals surface area contributed by atoms with E-state index >= 15 is 0 Å². The van der Waals surface area contributed by atoms with E-state index in [1.807, 2.05) is 36.4 Å². The number of benzene rings is 2. The van der Waals surface area contributed by atoms with Crippen LogP contribution in [-0.2, 0) is 27.5 Å². The van der Waals surface area contributed by atoms with Gasteiger partial charge in [-0.25, -0.2) is 13.4 Å². The van der Waals surface area contributed by atoms with Crippen LogP contribution in [0.2, 0.25) is 0 Å². The Hall–Kier alpha value is -3.49. The second kappa shape index (κ2) is 12.8. The molecule has 3 heterocycles. The second-order valence-corrected chi connectivity index (χ2v) is 12.6. The molecule has 3 aromatic rings. The fourth-order valence-corrected chi connectivity index (χ4v) is 6.79. The molecule has 0 amide bonds. The molecule has 0 saturated carbocycles. The van der Waals surface area contributed by atoms with Crippen LogP contribution < -0.4 is 10.9 Å². The molecule has 2 saturated heterocycles. The number of ether oxygens (including phenoxy) is 1. The number of aromatic hydroxyl groups is 1. The van der Waals surface area contributed by atoms with E-state index in [1.165, 1.54) is 11.9 Å². The molecule has 2 aliphatic heterocycles. The quantitative estimate of drug-likeness (QED) is 0.355. The highest BCUT2D eigenvalue weighted by Gasteiger charge is 2.28. The summed E-state index contributed by atoms with van der Waals surface area (Å²) in [6.45, 7) is 4.88. The molecule has 10 heteroatoms. The summed E-state index contributed by atoms with van der Waals surface area (Å²) in [5, 5.41) is 13.6. The van der Waals surface area contributed by atoms with Crippen LogP contribution in [0, 0.1) is 11.8 Å². The van der Waals surface area contributed by atoms with E-state index < -0.39 is 21.1 Å². The molecule has 2 atom stereocenters. The molecule has 2 fully saturated rings. The molecule has 0 spiro atoms. The minimum absolute atomic E-state index is 0.112. The summed E-state index contributed by atoms with van der Waals surface area (Å²) in [6, 6.07) is 16.1. The molecule has 0 bridgehead atoms. The van der Waals surface area contributed by atoms with Crippen molar-refractivity contribution in [2.45, 2.75) is 31.3 Å². The number of hydrogen-bond donors (Lipinski definition) is 3. The van der Waals surface area contributed by atoms with Gasteiger partial charge in [0.15, 0.2) is 9.84 Å². The predicted octanol–water partition coefficient (Wildman–Crippen LogP) is 1.81. The second-order valence-electron chi connectivity index (χ2n) is 10.4. The molecule has 210 valence electrons. The van der Waals surface area contributed by atoms with E-state index in [2.05, 4.69) is 44.2 Å². The number of H-pyrrole nitrogens is 1. The molecular formula is C30H34N4O5S. The van der Waals surface area contributed by atoms with Gasteiger partial charge in [-0.1, -0.05) is 36.1 Å². The average molecular weight is 563 g/mol. The zero-order valence-corrected chi connectivity index (χ0v) is 23.1. The number of nitrogens with one attached hydrogen (secondary N) is 2. The molecule has 40 heavy (non-hydrogen) atoms. The zero-order valence-electron chi connectivity index (χ0n) is 22.3. The van der Waals surface area contributed by atoms with Crippen LogP contribution >= 0.6 is 0 Å². The zero-order chi connectivity index (χ0) is 28.0. The van der Waals surface area contributed by atoms with E-state index in [0.29, 0.717) is 25.1 Å². The SMILES string of the molecule is O=c1[nH]cnc(C[C@@H](CN[C@H]2CCS(=O)(=O)C2)c2ccc(C#Cc3ccc(CN4CCOCC4)cc3)cc2)c1O. The largest absolute Gasteiger partial charge is 0.502 e. The first-order valence-electron chi connectivity index (χ1n) is 13.5. The van der Waals surface area contributed by atoms with Crippen molar-refractivity contribution in [3.63, 3.8) is 0 Å². The summed E-state index contributed by atoms with van der Waals surface area (Å²) in [6.07, 6.45) is 2.18. The highest BCUT2D eigenvalue weighted by molar-refractivity contribution is 7.91. The van der Waals surface area contributed by atoms with Gasteiger partial charge in [0, 0.05) is 55.7 Å². The first kappa shape index (κ1) is 28.1. The Morgan fingerprint density at radius 1 is 1.07 bits per heavy atom. The van der Waals surface area contributed by atoms with E-state index in [4.69, 9.17) is 4.74 Å². The van der Waals surface area contributed by atoms with Crippen molar-refractivity contribution >= 4 is 9.84 Å². The fraction of sp³-hybridized carbons (Fsp3) is 0.400. The Balaban J connectivity index is 1.26. The van der Waals surface area contributed by atoms with Crippen molar-refractivity contribution in [3.8, 4) is 17.6 Å². The third-order valence-corrected chi connectivity index (χ3v) is 9.19. The van der Waals surface area contributed by atoms with Gasteiger partial charge in [0.2, 0.25) is 5.75 Å². The number of aromatic amines is 1. The number of nitrogens with zero attached hydrogens (tertiary/aromatic N) is 2. The van der Waals surface area contributed by atoms with E-state index in [-0.39, 0.29) is 23.5 Å². The van der Waals surface area contributed by atoms with E-state index in [1.54, 1.807) is 0 Å². The molecule has 0 unspecified atom stereocenters. The number of sulfone groups is 1. The summed E-state index contributed by atoms with van der Waals surface area (Å²) in [5.74, 6) is 6.24. The maximum Gasteiger partial charge on any atom is 0.293 e. The third-order valence-electron chi connectivity index (χ3n) is 7.43. The minimum Gasteiger partial charge on any atom is -0.502 e. The molecule has 2 aliphatic rings. The Morgan fingerprint density at radius 3 is 2.40 bits per heavy atom. The third kappa shape index (κ3) is 7.58. The standard InChI is InChI=1S/C30H34N4O5S/c35-29-28(32-21-33-30(29)36)17-26(18-31-27-11-16-40(37,38)20-27)25-9-7-23(8-10-25)2-1-22-3-5-24(6-4-22)19-34-12-14-39-15-13-34/h3-10,21,26-27,31,35H,11-20H2,(H,32,33,36)/t26-,27-/m0/s1. The molecule has 0 aliphatic carbocycles. The van der Waals surface area contributed by atoms with Crippen LogP contribution in [0.1, 0.15) is 40.3 Å². The van der Waals surface area contributed by atoms with E-state index in [0.717, 1.165) is 49.5 Å². The molecule has 2 aromatic carbocycles. The normalized spacial score (nSPS) is 19.6. The Bertz CT molecular complexity index is 1520. The summed E-state index contributed by atoms with van der Waals surface area (Å²) >= 11 is 0. The molecule has 9 nitrogen and oxygen atoms in total. The number of morpholine rings is 1. The van der Waals surface area contributed by atoms with Crippen molar-refractivity contribution < 1.29 is 18.3 Å². The Labute approximate surface area is 234 Å².